The Labute approximate surface area is 87.7 Å². The molecule has 0 aromatic carbocycles. The van der Waals surface area contributed by atoms with Crippen LogP contribution in [-0.4, -0.2) is 58.3 Å². The molecular formula is C10H24N3O. The van der Waals surface area contributed by atoms with Crippen LogP contribution < -0.4 is 10.6 Å². The third-order valence-electron chi connectivity index (χ3n) is 2.21. The van der Waals surface area contributed by atoms with Crippen molar-refractivity contribution < 1.29 is 5.11 Å². The molecule has 1 radical (unpaired) electrons. The second kappa shape index (κ2) is 10.9. The number of hydrogen-bond donors (Lipinski definition) is 2. The van der Waals surface area contributed by atoms with Crippen LogP contribution in [0.4, 0.5) is 0 Å². The van der Waals surface area contributed by atoms with Crippen molar-refractivity contribution in [3.05, 3.63) is 0 Å². The minimum absolute atomic E-state index is 0.0130. The van der Waals surface area contributed by atoms with Crippen LogP contribution in [-0.2, 0) is 5.11 Å². The second-order valence-corrected chi connectivity index (χ2v) is 3.46. The van der Waals surface area contributed by atoms with Crippen LogP contribution in [0.25, 0.3) is 0 Å². The maximum Gasteiger partial charge on any atom is 0.0949 e. The molecule has 0 aliphatic heterocycles. The van der Waals surface area contributed by atoms with Gasteiger partial charge in [0, 0.05) is 6.54 Å². The molecule has 0 atom stereocenters. The Morgan fingerprint density at radius 3 is 1.79 bits per heavy atom. The number of nitrogens with zero attached hydrogens (tertiary/aromatic N) is 1. The van der Waals surface area contributed by atoms with Gasteiger partial charge in [-0.3, -0.25) is 0 Å². The molecule has 0 saturated heterocycles. The summed E-state index contributed by atoms with van der Waals surface area (Å²) in [4.78, 5) is 2.25. The number of rotatable bonds is 10. The second-order valence-electron chi connectivity index (χ2n) is 3.46. The van der Waals surface area contributed by atoms with Gasteiger partial charge in [-0.1, -0.05) is 0 Å². The molecule has 0 aliphatic carbocycles. The zero-order valence-corrected chi connectivity index (χ0v) is 9.51. The Hall–Kier alpha value is -0.160. The van der Waals surface area contributed by atoms with Gasteiger partial charge in [0.2, 0.25) is 0 Å². The molecule has 2 N–H and O–H groups in total. The van der Waals surface area contributed by atoms with Crippen molar-refractivity contribution in [2.75, 3.05) is 53.4 Å². The van der Waals surface area contributed by atoms with Crippen LogP contribution in [0, 0.1) is 0 Å². The average Bonchev–Trinajstić information content (AvgIpc) is 2.18. The Balaban J connectivity index is 3.44. The number of nitrogens with one attached hydrogen (secondary N) is 2. The molecule has 0 bridgehead atoms. The third kappa shape index (κ3) is 8.44. The fourth-order valence-electron chi connectivity index (χ4n) is 1.42. The highest BCUT2D eigenvalue weighted by Gasteiger charge is 2.02. The molecular weight excluding hydrogens is 178 g/mol. The van der Waals surface area contributed by atoms with Crippen molar-refractivity contribution in [1.29, 1.82) is 0 Å². The van der Waals surface area contributed by atoms with Gasteiger partial charge in [-0.25, -0.2) is 5.11 Å². The lowest BCUT2D eigenvalue weighted by Crippen LogP contribution is -2.31. The molecule has 0 heterocycles. The van der Waals surface area contributed by atoms with E-state index in [1.165, 1.54) is 0 Å². The zero-order chi connectivity index (χ0) is 10.6. The molecule has 0 aromatic rings. The summed E-state index contributed by atoms with van der Waals surface area (Å²) in [5.41, 5.74) is 0. The molecule has 85 valence electrons. The summed E-state index contributed by atoms with van der Waals surface area (Å²) >= 11 is 0. The molecule has 0 aromatic heterocycles. The van der Waals surface area contributed by atoms with Crippen molar-refractivity contribution in [2.24, 2.45) is 0 Å². The molecule has 0 unspecified atom stereocenters. The first-order valence-electron chi connectivity index (χ1n) is 5.44. The van der Waals surface area contributed by atoms with Crippen molar-refractivity contribution in [3.8, 4) is 0 Å². The summed E-state index contributed by atoms with van der Waals surface area (Å²) in [5, 5.41) is 16.8. The molecule has 14 heavy (non-hydrogen) atoms. The van der Waals surface area contributed by atoms with E-state index in [1.54, 1.807) is 0 Å². The Kier molecular flexibility index (Phi) is 10.8. The average molecular weight is 202 g/mol. The van der Waals surface area contributed by atoms with Gasteiger partial charge in [-0.05, 0) is 53.1 Å². The lowest BCUT2D eigenvalue weighted by atomic mass is 10.3. The third-order valence-corrected chi connectivity index (χ3v) is 2.21. The van der Waals surface area contributed by atoms with Crippen molar-refractivity contribution in [3.63, 3.8) is 0 Å². The first kappa shape index (κ1) is 13.8. The summed E-state index contributed by atoms with van der Waals surface area (Å²) in [7, 11) is 3.91. The Morgan fingerprint density at radius 1 is 0.929 bits per heavy atom. The summed E-state index contributed by atoms with van der Waals surface area (Å²) in [6.45, 7) is 4.83. The predicted molar refractivity (Wildman–Crippen MR) is 59.1 cm³/mol. The lowest BCUT2D eigenvalue weighted by molar-refractivity contribution is 0.139. The summed E-state index contributed by atoms with van der Waals surface area (Å²) in [5.74, 6) is 0. The van der Waals surface area contributed by atoms with Crippen LogP contribution in [0.3, 0.4) is 0 Å². The van der Waals surface area contributed by atoms with Crippen LogP contribution in [0.1, 0.15) is 12.8 Å². The van der Waals surface area contributed by atoms with E-state index in [2.05, 4.69) is 15.5 Å². The first-order valence-corrected chi connectivity index (χ1v) is 5.44. The minimum Gasteiger partial charge on any atom is -0.320 e. The van der Waals surface area contributed by atoms with Crippen LogP contribution in [0.15, 0.2) is 0 Å². The van der Waals surface area contributed by atoms with Gasteiger partial charge in [0.05, 0.1) is 6.61 Å². The van der Waals surface area contributed by atoms with E-state index in [0.717, 1.165) is 39.0 Å². The topological polar surface area (TPSA) is 47.2 Å². The van der Waals surface area contributed by atoms with Crippen molar-refractivity contribution in [2.45, 2.75) is 12.8 Å². The highest BCUT2D eigenvalue weighted by atomic mass is 16.3. The first-order chi connectivity index (χ1) is 6.85. The highest BCUT2D eigenvalue weighted by molar-refractivity contribution is 4.59. The lowest BCUT2D eigenvalue weighted by Gasteiger charge is -2.20. The van der Waals surface area contributed by atoms with E-state index in [4.69, 9.17) is 0 Å². The van der Waals surface area contributed by atoms with Crippen LogP contribution >= 0.6 is 0 Å². The van der Waals surface area contributed by atoms with Gasteiger partial charge in [-0.15, -0.1) is 0 Å². The minimum atomic E-state index is 0.0130. The number of hydrogen-bond acceptors (Lipinski definition) is 3. The molecule has 0 spiro atoms. The van der Waals surface area contributed by atoms with E-state index < -0.39 is 0 Å². The van der Waals surface area contributed by atoms with Crippen LogP contribution in [0.2, 0.25) is 0 Å². The SMILES string of the molecule is CNCCCN(CC[O])CCCNC. The molecule has 0 saturated carbocycles. The van der Waals surface area contributed by atoms with E-state index in [0.29, 0.717) is 6.54 Å². The highest BCUT2D eigenvalue weighted by Crippen LogP contribution is 1.93. The van der Waals surface area contributed by atoms with Gasteiger partial charge in [0.25, 0.3) is 0 Å². The van der Waals surface area contributed by atoms with Crippen LogP contribution in [0.5, 0.6) is 0 Å². The standard InChI is InChI=1S/C10H24N3O/c1-11-5-3-7-13(9-10-14)8-4-6-12-2/h11-12H,3-10H2,1-2H3. The van der Waals surface area contributed by atoms with E-state index in [1.807, 2.05) is 14.1 Å². The largest absolute Gasteiger partial charge is 0.320 e. The summed E-state index contributed by atoms with van der Waals surface area (Å²) in [6.07, 6.45) is 2.24. The molecule has 0 amide bonds. The summed E-state index contributed by atoms with van der Waals surface area (Å²) < 4.78 is 0. The van der Waals surface area contributed by atoms with E-state index >= 15 is 0 Å². The zero-order valence-electron chi connectivity index (χ0n) is 9.51. The maximum atomic E-state index is 10.5. The molecule has 0 fully saturated rings. The Morgan fingerprint density at radius 2 is 1.43 bits per heavy atom. The van der Waals surface area contributed by atoms with Gasteiger partial charge in [-0.2, -0.15) is 0 Å². The monoisotopic (exact) mass is 202 g/mol. The van der Waals surface area contributed by atoms with Gasteiger partial charge in [0.15, 0.2) is 0 Å². The van der Waals surface area contributed by atoms with Crippen molar-refractivity contribution >= 4 is 0 Å². The molecule has 0 aliphatic rings. The maximum absolute atomic E-state index is 10.5. The predicted octanol–water partition coefficient (Wildman–Crippen LogP) is -0.0621. The normalized spacial score (nSPS) is 11.1. The molecule has 0 rings (SSSR count). The van der Waals surface area contributed by atoms with Gasteiger partial charge >= 0.3 is 0 Å². The van der Waals surface area contributed by atoms with E-state index in [9.17, 15) is 5.11 Å². The van der Waals surface area contributed by atoms with Gasteiger partial charge < -0.3 is 15.5 Å². The Bertz CT molecular complexity index is 102. The smallest absolute Gasteiger partial charge is 0.0949 e. The van der Waals surface area contributed by atoms with Crippen molar-refractivity contribution in [1.82, 2.24) is 15.5 Å². The molecule has 4 heteroatoms. The van der Waals surface area contributed by atoms with Gasteiger partial charge in [0.1, 0.15) is 0 Å². The fourth-order valence-corrected chi connectivity index (χ4v) is 1.42. The fraction of sp³-hybridized carbons (Fsp3) is 1.00. The van der Waals surface area contributed by atoms with E-state index in [-0.39, 0.29) is 6.61 Å². The summed E-state index contributed by atoms with van der Waals surface area (Å²) in [6, 6.07) is 0. The molecule has 4 nitrogen and oxygen atoms in total. The quantitative estimate of drug-likeness (QED) is 0.488.